The van der Waals surface area contributed by atoms with Crippen LogP contribution in [0.15, 0.2) is 268 Å². The van der Waals surface area contributed by atoms with Gasteiger partial charge in [0.1, 0.15) is 34.7 Å². The van der Waals surface area contributed by atoms with E-state index in [9.17, 15) is 47.9 Å². The number of esters is 1. The molecule has 0 bridgehead atoms. The van der Waals surface area contributed by atoms with Gasteiger partial charge >= 0.3 is 36.1 Å². The van der Waals surface area contributed by atoms with Gasteiger partial charge in [-0.1, -0.05) is 97.1 Å². The van der Waals surface area contributed by atoms with E-state index >= 15 is 0 Å². The Balaban J connectivity index is 0.000000178. The first-order chi connectivity index (χ1) is 62.1. The summed E-state index contributed by atoms with van der Waals surface area (Å²) in [5, 5.41) is 54.1. The van der Waals surface area contributed by atoms with Crippen molar-refractivity contribution in [2.24, 2.45) is 0 Å². The predicted octanol–water partition coefficient (Wildman–Crippen LogP) is 16.0. The maximum absolute atomic E-state index is 13.0. The Hall–Kier alpha value is -17.3. The molecule has 0 saturated heterocycles. The monoisotopic (exact) mass is 1730 g/mol. The van der Waals surface area contributed by atoms with Crippen LogP contribution in [-0.2, 0) is 27.2 Å². The van der Waals surface area contributed by atoms with Gasteiger partial charge in [0.25, 0.3) is 23.6 Å². The van der Waals surface area contributed by atoms with E-state index in [-0.39, 0.29) is 59.7 Å². The van der Waals surface area contributed by atoms with Crippen LogP contribution in [0.5, 0.6) is 5.75 Å². The van der Waals surface area contributed by atoms with Crippen LogP contribution in [0.4, 0.5) is 111 Å². The van der Waals surface area contributed by atoms with Gasteiger partial charge in [0.2, 0.25) is 0 Å². The van der Waals surface area contributed by atoms with E-state index in [0.29, 0.717) is 137 Å². The maximum Gasteiger partial charge on any atom is 0.320 e. The fourth-order valence-corrected chi connectivity index (χ4v) is 11.7. The highest BCUT2D eigenvalue weighted by Crippen LogP contribution is 2.31. The summed E-state index contributed by atoms with van der Waals surface area (Å²) >= 11 is 0. The average Bonchev–Trinajstić information content (AvgIpc) is 0.979. The molecule has 7 heterocycles. The summed E-state index contributed by atoms with van der Waals surface area (Å²) in [6.07, 6.45) is 15.3. The fraction of sp³-hybridized carbons (Fsp3) is 0.152. The first-order valence-corrected chi connectivity index (χ1v) is 40.2. The number of methoxy groups -OCH3 is 2. The van der Waals surface area contributed by atoms with E-state index in [0.717, 1.165) is 39.5 Å². The zero-order valence-corrected chi connectivity index (χ0v) is 70.5. The van der Waals surface area contributed by atoms with E-state index in [1.807, 2.05) is 172 Å². The predicted molar refractivity (Wildman–Crippen MR) is 494 cm³/mol. The Kier molecular flexibility index (Phi) is 35.1. The molecule has 36 heteroatoms. The van der Waals surface area contributed by atoms with Crippen LogP contribution in [0.25, 0.3) is 5.65 Å². The first kappa shape index (κ1) is 92.9. The van der Waals surface area contributed by atoms with Crippen molar-refractivity contribution in [3.63, 3.8) is 0 Å². The number of benzene rings is 6. The SMILES string of the molecule is CCNC(=O)Nc1cc(Nc2ccccc2)c(C(=O)Nc2ccc(CCC(=O)O)cc2)cn1.CCNC(=O)Nc1cc(Nc2ccccc2)c(C(=O)Nc2ccc(CCC(=O)OC)cc2)cn1.CCNC(=O)Nc1cc(Nc2ccccc2)c(C(=O)Nc2ccc3nccn3c2)cn1.CCNC(=O)Nc1cc(Nc2ccccc2)c(C(=O)Nc2cncc(OC)c2)cn1. The van der Waals surface area contributed by atoms with Crippen molar-refractivity contribution in [1.29, 1.82) is 0 Å². The van der Waals surface area contributed by atoms with Crippen LogP contribution < -0.4 is 89.8 Å². The lowest BCUT2D eigenvalue weighted by Gasteiger charge is -2.14. The smallest absolute Gasteiger partial charge is 0.320 e. The number of ether oxygens (including phenoxy) is 2. The third-order valence-electron chi connectivity index (χ3n) is 17.9. The molecule has 656 valence electrons. The number of anilines is 16. The number of aryl methyl sites for hydroxylation is 2. The summed E-state index contributed by atoms with van der Waals surface area (Å²) in [7, 11) is 2.88. The summed E-state index contributed by atoms with van der Waals surface area (Å²) in [6, 6.07) is 61.9. The molecular formula is C92H95N23O13. The number of para-hydroxylation sites is 4. The molecule has 7 aromatic heterocycles. The molecule has 6 aromatic carbocycles. The van der Waals surface area contributed by atoms with E-state index in [1.165, 1.54) is 45.2 Å². The lowest BCUT2D eigenvalue weighted by Crippen LogP contribution is -2.28. The molecule has 36 nitrogen and oxygen atoms in total. The summed E-state index contributed by atoms with van der Waals surface area (Å²) in [5.74, 6) is -0.863. The third kappa shape index (κ3) is 29.8. The molecule has 128 heavy (non-hydrogen) atoms. The number of nitrogens with one attached hydrogen (secondary N) is 16. The number of amides is 12. The largest absolute Gasteiger partial charge is 0.495 e. The maximum atomic E-state index is 13.0. The summed E-state index contributed by atoms with van der Waals surface area (Å²) in [4.78, 5) is 146. The zero-order chi connectivity index (χ0) is 90.9. The lowest BCUT2D eigenvalue weighted by atomic mass is 10.1. The van der Waals surface area contributed by atoms with E-state index in [2.05, 4.69) is 120 Å². The normalized spacial score (nSPS) is 10.2. The third-order valence-corrected chi connectivity index (χ3v) is 17.9. The van der Waals surface area contributed by atoms with Crippen LogP contribution in [0.2, 0.25) is 0 Å². The topological polar surface area (TPSA) is 484 Å². The van der Waals surface area contributed by atoms with Gasteiger partial charge in [0.15, 0.2) is 0 Å². The highest BCUT2D eigenvalue weighted by molar-refractivity contribution is 6.12. The average molecular weight is 1730 g/mol. The molecular weight excluding hydrogens is 1640 g/mol. The first-order valence-electron chi connectivity index (χ1n) is 40.2. The lowest BCUT2D eigenvalue weighted by molar-refractivity contribution is -0.140. The van der Waals surface area contributed by atoms with Gasteiger partial charge in [0.05, 0.1) is 83.0 Å². The quantitative estimate of drug-likeness (QED) is 0.0179. The Bertz CT molecular complexity index is 5940. The number of nitrogens with zero attached hydrogens (tertiary/aromatic N) is 7. The molecule has 0 spiro atoms. The van der Waals surface area contributed by atoms with Gasteiger partial charge in [-0.25, -0.2) is 44.1 Å². The molecule has 0 radical (unpaired) electrons. The number of hydrogen-bond donors (Lipinski definition) is 17. The van der Waals surface area contributed by atoms with Gasteiger partial charge in [0, 0.05) is 147 Å². The van der Waals surface area contributed by atoms with Crippen molar-refractivity contribution < 1.29 is 62.5 Å². The minimum Gasteiger partial charge on any atom is -0.495 e. The number of rotatable bonds is 31. The van der Waals surface area contributed by atoms with Crippen LogP contribution in [0, 0.1) is 0 Å². The van der Waals surface area contributed by atoms with Crippen LogP contribution in [-0.4, -0.2) is 140 Å². The molecule has 0 atom stereocenters. The second kappa shape index (κ2) is 48.3. The fourth-order valence-electron chi connectivity index (χ4n) is 11.7. The van der Waals surface area contributed by atoms with Crippen molar-refractivity contribution in [3.05, 3.63) is 301 Å². The zero-order valence-electron chi connectivity index (χ0n) is 70.5. The molecule has 0 saturated carbocycles. The second-order valence-electron chi connectivity index (χ2n) is 27.3. The van der Waals surface area contributed by atoms with Crippen LogP contribution in [0.3, 0.4) is 0 Å². The molecule has 0 fully saturated rings. The van der Waals surface area contributed by atoms with Crippen molar-refractivity contribution in [3.8, 4) is 5.75 Å². The summed E-state index contributed by atoms with van der Waals surface area (Å²) in [6.45, 7) is 9.18. The van der Waals surface area contributed by atoms with Gasteiger partial charge in [-0.2, -0.15) is 0 Å². The van der Waals surface area contributed by atoms with E-state index < -0.39 is 12.0 Å². The molecule has 0 aliphatic rings. The van der Waals surface area contributed by atoms with Crippen molar-refractivity contribution >= 4 is 157 Å². The number of imidazole rings is 1. The number of fused-ring (bicyclic) bond motifs is 1. The Labute approximate surface area is 736 Å². The number of carboxylic acid groups (broad SMARTS) is 1. The molecule has 0 aliphatic carbocycles. The number of pyridine rings is 6. The van der Waals surface area contributed by atoms with E-state index in [4.69, 9.17) is 9.84 Å². The van der Waals surface area contributed by atoms with Gasteiger partial charge in [-0.05, 0) is 137 Å². The number of carboxylic acids is 1. The second-order valence-corrected chi connectivity index (χ2v) is 27.3. The van der Waals surface area contributed by atoms with Gasteiger partial charge in [-0.3, -0.25) is 55.0 Å². The Morgan fingerprint density at radius 1 is 0.344 bits per heavy atom. The highest BCUT2D eigenvalue weighted by atomic mass is 16.5. The van der Waals surface area contributed by atoms with Crippen LogP contribution >= 0.6 is 0 Å². The van der Waals surface area contributed by atoms with Gasteiger partial charge in [-0.15, -0.1) is 0 Å². The minimum atomic E-state index is -0.858. The Morgan fingerprint density at radius 3 is 1.00 bits per heavy atom. The summed E-state index contributed by atoms with van der Waals surface area (Å²) < 4.78 is 11.6. The molecule has 13 rings (SSSR count). The summed E-state index contributed by atoms with van der Waals surface area (Å²) in [5.41, 5.74) is 11.2. The molecule has 0 unspecified atom stereocenters. The number of carbonyl (C=O) groups excluding carboxylic acids is 9. The standard InChI is InChI=1S/C25H27N5O4.C24H25N5O4.C22H21N7O2.C21H22N6O3/c1-3-26-25(33)30-22-15-21(28-18-7-5-4-6-8-18)20(16-27-22)24(32)29-19-12-9-17(10-13-19)11-14-23(31)34-2;1-2-25-24(33)29-21-14-20(27-17-6-4-3-5-7-17)19(15-26-21)23(32)28-18-11-8-16(9-12-18)10-13-22(30)31;1-2-23-22(31)28-19-12-18(26-15-6-4-3-5-7-15)17(13-25-19)21(30)27-16-8-9-20-24-10-11-29(20)14-16;1-3-23-21(29)27-19-10-18(25-14-7-5-4-6-8-14)17(13-24-19)20(28)26-15-9-16(30-2)12-22-11-15/h4-10,12-13,15-16H,3,11,14H2,1-2H3,(H,29,32)(H3,26,27,28,30,33);3-9,11-12,14-15H,2,10,13H2,1H3,(H,28,32)(H,30,31)(H3,25,26,27,29,33);3-14H,2H2,1H3,(H,27,30)(H3,23,25,26,28,31);4-13H,3H2,1-2H3,(H,26,28)(H3,23,24,25,27,29). The number of hydrogen-bond acceptors (Lipinski definition) is 22. The molecule has 13 aromatic rings. The minimum absolute atomic E-state index is 0.0442. The Morgan fingerprint density at radius 2 is 0.672 bits per heavy atom. The van der Waals surface area contributed by atoms with Crippen molar-refractivity contribution in [1.82, 2.24) is 55.6 Å². The van der Waals surface area contributed by atoms with Gasteiger partial charge < -0.3 is 82.8 Å². The highest BCUT2D eigenvalue weighted by Gasteiger charge is 2.22. The molecule has 17 N–H and O–H groups in total. The number of urea groups is 4. The molecule has 0 aliphatic heterocycles. The van der Waals surface area contributed by atoms with Crippen LogP contribution in [0.1, 0.15) is 93.1 Å². The number of aromatic nitrogens is 7. The van der Waals surface area contributed by atoms with Crippen molar-refractivity contribution in [2.45, 2.75) is 53.4 Å². The van der Waals surface area contributed by atoms with Crippen molar-refractivity contribution in [2.75, 3.05) is 104 Å². The van der Waals surface area contributed by atoms with E-state index in [1.54, 1.807) is 97.6 Å². The number of carbonyl (C=O) groups is 10. The number of aliphatic carboxylic acids is 1. The molecule has 12 amide bonds.